The molecule has 3 N–H and O–H groups in total. The standard InChI is InChI=1S/C32H31Cl2N5O6S2/c1-47(42,43)38-25-11-4-5-12-26(25)39-28(23-14-13-20(33)16-24(23)34)27(21-9-2-3-10-22(21)31(39)41)30(40)37-44-17-18-7-6-8-19(15-18)29-35-32(46)45-36-29/h2-3,6-10,13-16,25-28,38H,4-5,11-12,17H2,1H3,(H,37,40)(H,35,36,46)/t25?,26-,27+,28-/m0/s1. The Morgan fingerprint density at radius 1 is 1.09 bits per heavy atom. The number of halogens is 2. The Hall–Kier alpha value is -3.59. The highest BCUT2D eigenvalue weighted by atomic mass is 35.5. The molecule has 1 aromatic heterocycles. The molecule has 1 fully saturated rings. The highest BCUT2D eigenvalue weighted by Gasteiger charge is 2.49. The number of aromatic amines is 1. The molecule has 0 bridgehead atoms. The average molecular weight is 717 g/mol. The highest BCUT2D eigenvalue weighted by molar-refractivity contribution is 7.88. The van der Waals surface area contributed by atoms with Gasteiger partial charge >= 0.3 is 0 Å². The zero-order valence-electron chi connectivity index (χ0n) is 25.1. The van der Waals surface area contributed by atoms with Crippen LogP contribution in [-0.4, -0.2) is 53.6 Å². The number of carbonyl (C=O) groups excluding carboxylic acids is 2. The summed E-state index contributed by atoms with van der Waals surface area (Å²) in [4.78, 5) is 39.1. The van der Waals surface area contributed by atoms with Gasteiger partial charge in [0.15, 0.2) is 5.82 Å². The molecule has 1 aliphatic heterocycles. The lowest BCUT2D eigenvalue weighted by Crippen LogP contribution is -2.59. The quantitative estimate of drug-likeness (QED) is 0.139. The van der Waals surface area contributed by atoms with E-state index in [0.29, 0.717) is 40.4 Å². The molecule has 0 spiro atoms. The summed E-state index contributed by atoms with van der Waals surface area (Å²) in [7, 11) is -3.60. The van der Waals surface area contributed by atoms with Crippen LogP contribution in [0.4, 0.5) is 0 Å². The maximum Gasteiger partial charge on any atom is 0.295 e. The van der Waals surface area contributed by atoms with E-state index in [9.17, 15) is 18.0 Å². The second-order valence-corrected chi connectivity index (χ2v) is 14.6. The van der Waals surface area contributed by atoms with Crippen molar-refractivity contribution in [2.75, 3.05) is 6.26 Å². The molecule has 0 radical (unpaired) electrons. The lowest BCUT2D eigenvalue weighted by molar-refractivity contribution is -0.138. The number of carbonyl (C=O) groups is 2. The van der Waals surface area contributed by atoms with Crippen LogP contribution < -0.4 is 10.2 Å². The van der Waals surface area contributed by atoms with Gasteiger partial charge in [0, 0.05) is 33.3 Å². The van der Waals surface area contributed by atoms with Crippen LogP contribution in [0.2, 0.25) is 10.0 Å². The lowest BCUT2D eigenvalue weighted by atomic mass is 9.76. The maximum atomic E-state index is 14.4. The minimum absolute atomic E-state index is 0.0184. The second-order valence-electron chi connectivity index (χ2n) is 11.6. The van der Waals surface area contributed by atoms with Crippen molar-refractivity contribution in [1.82, 2.24) is 25.2 Å². The third kappa shape index (κ3) is 7.30. The van der Waals surface area contributed by atoms with Gasteiger partial charge in [-0.25, -0.2) is 18.6 Å². The number of amides is 2. The molecule has 11 nitrogen and oxygen atoms in total. The minimum atomic E-state index is -3.60. The smallest absolute Gasteiger partial charge is 0.295 e. The normalized spacial score (nSPS) is 21.3. The van der Waals surface area contributed by atoms with E-state index in [4.69, 9.17) is 44.8 Å². The van der Waals surface area contributed by atoms with Gasteiger partial charge in [0.2, 0.25) is 10.0 Å². The van der Waals surface area contributed by atoms with E-state index in [-0.39, 0.29) is 22.4 Å². The van der Waals surface area contributed by atoms with E-state index >= 15 is 0 Å². The fraction of sp³-hybridized carbons (Fsp3) is 0.312. The molecule has 246 valence electrons. The number of H-pyrrole nitrogens is 1. The molecule has 2 aliphatic rings. The molecule has 0 saturated heterocycles. The molecule has 3 aromatic carbocycles. The molecule has 15 heteroatoms. The van der Waals surface area contributed by atoms with E-state index in [1.807, 2.05) is 24.3 Å². The van der Waals surface area contributed by atoms with Gasteiger partial charge in [-0.2, -0.15) is 0 Å². The van der Waals surface area contributed by atoms with Crippen LogP contribution in [0, 0.1) is 4.84 Å². The molecule has 6 rings (SSSR count). The summed E-state index contributed by atoms with van der Waals surface area (Å²) in [5.74, 6) is -1.34. The molecule has 1 unspecified atom stereocenters. The predicted octanol–water partition coefficient (Wildman–Crippen LogP) is 6.10. The zero-order chi connectivity index (χ0) is 33.3. The number of hydrogen-bond acceptors (Lipinski definition) is 8. The van der Waals surface area contributed by atoms with Crippen molar-refractivity contribution in [2.24, 2.45) is 0 Å². The van der Waals surface area contributed by atoms with Crippen LogP contribution in [0.5, 0.6) is 0 Å². The first-order valence-corrected chi connectivity index (χ1v) is 18.0. The summed E-state index contributed by atoms with van der Waals surface area (Å²) in [5.41, 5.74) is 5.40. The van der Waals surface area contributed by atoms with E-state index in [2.05, 4.69) is 20.3 Å². The van der Waals surface area contributed by atoms with Crippen molar-refractivity contribution in [3.63, 3.8) is 0 Å². The maximum absolute atomic E-state index is 14.4. The molecule has 2 heterocycles. The SMILES string of the molecule is CS(=O)(=O)NC1CCCC[C@@H]1N1C(=O)c2ccccc2[C@@H](C(=O)NOCc2cccc(-c3noc(=S)[nH]3)c2)[C@@H]1c1ccc(Cl)cc1Cl. The van der Waals surface area contributed by atoms with Crippen molar-refractivity contribution in [2.45, 2.75) is 56.3 Å². The Kier molecular flexibility index (Phi) is 9.83. The number of rotatable bonds is 9. The topological polar surface area (TPSA) is 147 Å². The highest BCUT2D eigenvalue weighted by Crippen LogP contribution is 2.48. The van der Waals surface area contributed by atoms with Gasteiger partial charge in [0.05, 0.1) is 24.8 Å². The molecule has 47 heavy (non-hydrogen) atoms. The van der Waals surface area contributed by atoms with Crippen LogP contribution in [0.3, 0.4) is 0 Å². The van der Waals surface area contributed by atoms with Crippen molar-refractivity contribution < 1.29 is 27.4 Å². The Bertz CT molecular complexity index is 1980. The Labute approximate surface area is 286 Å². The monoisotopic (exact) mass is 715 g/mol. The minimum Gasteiger partial charge on any atom is -0.326 e. The van der Waals surface area contributed by atoms with E-state index < -0.39 is 40.0 Å². The summed E-state index contributed by atoms with van der Waals surface area (Å²) in [6.45, 7) is 0.0184. The molecule has 4 aromatic rings. The van der Waals surface area contributed by atoms with Crippen LogP contribution in [-0.2, 0) is 26.3 Å². The summed E-state index contributed by atoms with van der Waals surface area (Å²) in [5, 5.41) is 4.57. The fourth-order valence-electron chi connectivity index (χ4n) is 6.54. The van der Waals surface area contributed by atoms with Crippen LogP contribution >= 0.6 is 35.4 Å². The third-order valence-corrected chi connectivity index (χ3v) is 9.91. The van der Waals surface area contributed by atoms with Crippen molar-refractivity contribution >= 4 is 57.3 Å². The number of hydroxylamine groups is 1. The molecular formula is C32H31Cl2N5O6S2. The van der Waals surface area contributed by atoms with Gasteiger partial charge < -0.3 is 9.42 Å². The average Bonchev–Trinajstić information content (AvgIpc) is 3.47. The Morgan fingerprint density at radius 3 is 2.62 bits per heavy atom. The first-order valence-electron chi connectivity index (χ1n) is 14.9. The number of benzene rings is 3. The van der Waals surface area contributed by atoms with Gasteiger partial charge in [-0.3, -0.25) is 19.4 Å². The first-order chi connectivity index (χ1) is 22.5. The van der Waals surface area contributed by atoms with Crippen molar-refractivity contribution in [1.29, 1.82) is 0 Å². The first kappa shape index (κ1) is 33.3. The number of aromatic nitrogens is 2. The van der Waals surface area contributed by atoms with E-state index in [1.165, 1.54) is 0 Å². The van der Waals surface area contributed by atoms with E-state index in [1.54, 1.807) is 47.4 Å². The Balaban J connectivity index is 1.36. The number of fused-ring (bicyclic) bond motifs is 1. The molecule has 1 aliphatic carbocycles. The van der Waals surface area contributed by atoms with Gasteiger partial charge in [0.1, 0.15) is 0 Å². The van der Waals surface area contributed by atoms with Gasteiger partial charge in [-0.1, -0.05) is 83.7 Å². The zero-order valence-corrected chi connectivity index (χ0v) is 28.3. The predicted molar refractivity (Wildman–Crippen MR) is 179 cm³/mol. The van der Waals surface area contributed by atoms with Gasteiger partial charge in [0.25, 0.3) is 16.7 Å². The fourth-order valence-corrected chi connectivity index (χ4v) is 8.02. The van der Waals surface area contributed by atoms with Crippen LogP contribution in [0.15, 0.2) is 71.3 Å². The lowest BCUT2D eigenvalue weighted by Gasteiger charge is -2.49. The summed E-state index contributed by atoms with van der Waals surface area (Å²) >= 11 is 18.0. The number of nitrogens with zero attached hydrogens (tertiary/aromatic N) is 2. The third-order valence-electron chi connectivity index (χ3n) is 8.44. The van der Waals surface area contributed by atoms with Crippen molar-refractivity contribution in [3.8, 4) is 11.4 Å². The van der Waals surface area contributed by atoms with Gasteiger partial charge in [-0.15, -0.1) is 0 Å². The number of hydrogen-bond donors (Lipinski definition) is 3. The van der Waals surface area contributed by atoms with Crippen LogP contribution in [0.1, 0.15) is 64.7 Å². The van der Waals surface area contributed by atoms with Gasteiger partial charge in [-0.05, 0) is 66.0 Å². The summed E-state index contributed by atoms with van der Waals surface area (Å²) in [6.07, 6.45) is 3.72. The molecule has 4 atom stereocenters. The molecule has 2 amide bonds. The molecular weight excluding hydrogens is 685 g/mol. The summed E-state index contributed by atoms with van der Waals surface area (Å²) in [6, 6.07) is 17.1. The van der Waals surface area contributed by atoms with E-state index in [0.717, 1.165) is 30.2 Å². The van der Waals surface area contributed by atoms with Crippen molar-refractivity contribution in [3.05, 3.63) is 104 Å². The summed E-state index contributed by atoms with van der Waals surface area (Å²) < 4.78 is 32.5. The number of sulfonamides is 1. The van der Waals surface area contributed by atoms with Crippen LogP contribution in [0.25, 0.3) is 11.4 Å². The molecule has 1 saturated carbocycles. The number of nitrogens with one attached hydrogen (secondary N) is 3. The second kappa shape index (κ2) is 13.9. The Morgan fingerprint density at radius 2 is 1.87 bits per heavy atom. The largest absolute Gasteiger partial charge is 0.326 e.